The van der Waals surface area contributed by atoms with Gasteiger partial charge in [-0.05, 0) is 35.1 Å². The van der Waals surface area contributed by atoms with Gasteiger partial charge < -0.3 is 4.98 Å². The van der Waals surface area contributed by atoms with E-state index in [0.29, 0.717) is 6.54 Å². The monoisotopic (exact) mass is 342 g/mol. The van der Waals surface area contributed by atoms with E-state index in [1.165, 1.54) is 11.1 Å². The Morgan fingerprint density at radius 3 is 2.62 bits per heavy atom. The van der Waals surface area contributed by atoms with E-state index in [0.717, 1.165) is 36.0 Å². The average molecular weight is 342 g/mol. The fourth-order valence-corrected chi connectivity index (χ4v) is 3.34. The molecule has 1 aliphatic heterocycles. The number of rotatable bonds is 4. The molecular formula is C23H22N2O. The number of aromatic amines is 1. The predicted octanol–water partition coefficient (Wildman–Crippen LogP) is 4.37. The standard InChI is InChI=1S/C23H22N2O/c26-23-21(16-20-8-4-5-9-22(20)24-23)17-25-14-12-19(13-15-25)11-10-18-6-2-1-3-7-18/h1-12,16H,13-15,17H2,(H,24,26). The van der Waals surface area contributed by atoms with Crippen LogP contribution >= 0.6 is 0 Å². The molecule has 130 valence electrons. The van der Waals surface area contributed by atoms with E-state index in [-0.39, 0.29) is 5.56 Å². The van der Waals surface area contributed by atoms with Crippen LogP contribution in [-0.2, 0) is 6.54 Å². The smallest absolute Gasteiger partial charge is 0.252 e. The van der Waals surface area contributed by atoms with Crippen LogP contribution in [0, 0.1) is 0 Å². The SMILES string of the molecule is O=c1[nH]c2ccccc2cc1CN1CC=C(C=Cc2ccccc2)CC1. The molecular weight excluding hydrogens is 320 g/mol. The Hall–Kier alpha value is -2.91. The van der Waals surface area contributed by atoms with Crippen LogP contribution in [0.15, 0.2) is 83.2 Å². The van der Waals surface area contributed by atoms with Gasteiger partial charge in [0.25, 0.3) is 5.56 Å². The fraction of sp³-hybridized carbons (Fsp3) is 0.174. The minimum absolute atomic E-state index is 0.0162. The Morgan fingerprint density at radius 2 is 1.81 bits per heavy atom. The van der Waals surface area contributed by atoms with Gasteiger partial charge in [0.05, 0.1) is 0 Å². The van der Waals surface area contributed by atoms with Crippen molar-refractivity contribution < 1.29 is 0 Å². The molecule has 0 radical (unpaired) electrons. The molecule has 26 heavy (non-hydrogen) atoms. The lowest BCUT2D eigenvalue weighted by molar-refractivity contribution is 0.286. The van der Waals surface area contributed by atoms with Crippen LogP contribution < -0.4 is 5.56 Å². The van der Waals surface area contributed by atoms with Crippen molar-refractivity contribution in [3.05, 3.63) is 99.9 Å². The zero-order valence-corrected chi connectivity index (χ0v) is 14.7. The van der Waals surface area contributed by atoms with E-state index in [9.17, 15) is 4.79 Å². The molecule has 0 aliphatic carbocycles. The number of pyridine rings is 1. The molecule has 0 fully saturated rings. The highest BCUT2D eigenvalue weighted by atomic mass is 16.1. The Labute approximate surface area is 153 Å². The third-order valence-electron chi connectivity index (χ3n) is 4.84. The number of H-pyrrole nitrogens is 1. The van der Waals surface area contributed by atoms with Crippen molar-refractivity contribution in [3.8, 4) is 0 Å². The second-order valence-electron chi connectivity index (χ2n) is 6.72. The summed E-state index contributed by atoms with van der Waals surface area (Å²) in [4.78, 5) is 17.6. The third-order valence-corrected chi connectivity index (χ3v) is 4.84. The Kier molecular flexibility index (Phi) is 4.80. The zero-order chi connectivity index (χ0) is 17.8. The first-order valence-electron chi connectivity index (χ1n) is 9.03. The molecule has 3 nitrogen and oxygen atoms in total. The molecule has 1 aliphatic rings. The predicted molar refractivity (Wildman–Crippen MR) is 108 cm³/mol. The van der Waals surface area contributed by atoms with Gasteiger partial charge in [-0.2, -0.15) is 0 Å². The maximum absolute atomic E-state index is 12.3. The van der Waals surface area contributed by atoms with Gasteiger partial charge >= 0.3 is 0 Å². The molecule has 0 bridgehead atoms. The van der Waals surface area contributed by atoms with Crippen LogP contribution in [0.25, 0.3) is 17.0 Å². The number of aromatic nitrogens is 1. The van der Waals surface area contributed by atoms with Crippen molar-refractivity contribution in [2.24, 2.45) is 0 Å². The number of nitrogens with zero attached hydrogens (tertiary/aromatic N) is 1. The summed E-state index contributed by atoms with van der Waals surface area (Å²) in [5, 5.41) is 1.08. The fourth-order valence-electron chi connectivity index (χ4n) is 3.34. The quantitative estimate of drug-likeness (QED) is 0.764. The molecule has 1 N–H and O–H groups in total. The highest BCUT2D eigenvalue weighted by Gasteiger charge is 2.13. The lowest BCUT2D eigenvalue weighted by Crippen LogP contribution is -2.30. The van der Waals surface area contributed by atoms with Gasteiger partial charge in [0.1, 0.15) is 0 Å². The number of fused-ring (bicyclic) bond motifs is 1. The first-order valence-corrected chi connectivity index (χ1v) is 9.03. The molecule has 0 amide bonds. The van der Waals surface area contributed by atoms with Crippen molar-refractivity contribution in [3.63, 3.8) is 0 Å². The first-order chi connectivity index (χ1) is 12.8. The van der Waals surface area contributed by atoms with Crippen LogP contribution in [0.4, 0.5) is 0 Å². The van der Waals surface area contributed by atoms with E-state index in [2.05, 4.69) is 52.4 Å². The molecule has 0 spiro atoms. The molecule has 4 rings (SSSR count). The molecule has 0 saturated heterocycles. The minimum Gasteiger partial charge on any atom is -0.322 e. The lowest BCUT2D eigenvalue weighted by Gasteiger charge is -2.25. The molecule has 0 unspecified atom stereocenters. The number of nitrogens with one attached hydrogen (secondary N) is 1. The summed E-state index contributed by atoms with van der Waals surface area (Å²) in [6.07, 6.45) is 7.64. The summed E-state index contributed by atoms with van der Waals surface area (Å²) in [6, 6.07) is 20.3. The molecule has 0 atom stereocenters. The molecule has 1 aromatic heterocycles. The van der Waals surface area contributed by atoms with Gasteiger partial charge in [0.15, 0.2) is 0 Å². The van der Waals surface area contributed by atoms with Crippen LogP contribution in [-0.4, -0.2) is 23.0 Å². The van der Waals surface area contributed by atoms with E-state index in [4.69, 9.17) is 0 Å². The molecule has 3 heteroatoms. The largest absolute Gasteiger partial charge is 0.322 e. The summed E-state index contributed by atoms with van der Waals surface area (Å²) < 4.78 is 0. The Bertz CT molecular complexity index is 1020. The van der Waals surface area contributed by atoms with Crippen molar-refractivity contribution in [1.82, 2.24) is 9.88 Å². The number of allylic oxidation sites excluding steroid dienone is 1. The van der Waals surface area contributed by atoms with Gasteiger partial charge in [0.2, 0.25) is 0 Å². The van der Waals surface area contributed by atoms with Gasteiger partial charge in [-0.25, -0.2) is 0 Å². The minimum atomic E-state index is 0.0162. The molecule has 3 aromatic rings. The number of hydrogen-bond acceptors (Lipinski definition) is 2. The first kappa shape index (κ1) is 16.6. The summed E-state index contributed by atoms with van der Waals surface area (Å²) >= 11 is 0. The Morgan fingerprint density at radius 1 is 1.00 bits per heavy atom. The van der Waals surface area contributed by atoms with Crippen LogP contribution in [0.5, 0.6) is 0 Å². The van der Waals surface area contributed by atoms with Crippen molar-refractivity contribution in [2.75, 3.05) is 13.1 Å². The summed E-state index contributed by atoms with van der Waals surface area (Å²) in [7, 11) is 0. The van der Waals surface area contributed by atoms with E-state index in [1.807, 2.05) is 36.4 Å². The highest BCUT2D eigenvalue weighted by Crippen LogP contribution is 2.17. The number of hydrogen-bond donors (Lipinski definition) is 1. The maximum atomic E-state index is 12.3. The van der Waals surface area contributed by atoms with Crippen LogP contribution in [0.3, 0.4) is 0 Å². The highest BCUT2D eigenvalue weighted by molar-refractivity contribution is 5.78. The number of para-hydroxylation sites is 1. The van der Waals surface area contributed by atoms with Gasteiger partial charge in [-0.15, -0.1) is 0 Å². The van der Waals surface area contributed by atoms with Crippen LogP contribution in [0.1, 0.15) is 17.5 Å². The molecule has 0 saturated carbocycles. The van der Waals surface area contributed by atoms with Crippen molar-refractivity contribution in [1.29, 1.82) is 0 Å². The normalized spacial score (nSPS) is 15.5. The maximum Gasteiger partial charge on any atom is 0.252 e. The van der Waals surface area contributed by atoms with Gasteiger partial charge in [-0.1, -0.05) is 66.8 Å². The average Bonchev–Trinajstić information content (AvgIpc) is 2.69. The van der Waals surface area contributed by atoms with E-state index in [1.54, 1.807) is 0 Å². The van der Waals surface area contributed by atoms with Crippen molar-refractivity contribution in [2.45, 2.75) is 13.0 Å². The summed E-state index contributed by atoms with van der Waals surface area (Å²) in [6.45, 7) is 2.53. The van der Waals surface area contributed by atoms with E-state index < -0.39 is 0 Å². The van der Waals surface area contributed by atoms with Crippen LogP contribution in [0.2, 0.25) is 0 Å². The topological polar surface area (TPSA) is 36.1 Å². The molecule has 2 aromatic carbocycles. The summed E-state index contributed by atoms with van der Waals surface area (Å²) in [5.41, 5.74) is 4.33. The Balaban J connectivity index is 1.43. The second-order valence-corrected chi connectivity index (χ2v) is 6.72. The molecule has 2 heterocycles. The van der Waals surface area contributed by atoms with Crippen molar-refractivity contribution >= 4 is 17.0 Å². The summed E-state index contributed by atoms with van der Waals surface area (Å²) in [5.74, 6) is 0. The second kappa shape index (κ2) is 7.54. The zero-order valence-electron chi connectivity index (χ0n) is 14.7. The lowest BCUT2D eigenvalue weighted by atomic mass is 10.1. The number of benzene rings is 2. The van der Waals surface area contributed by atoms with Gasteiger partial charge in [-0.3, -0.25) is 9.69 Å². The van der Waals surface area contributed by atoms with Gasteiger partial charge in [0, 0.05) is 30.7 Å². The third kappa shape index (κ3) is 3.84. The van der Waals surface area contributed by atoms with E-state index >= 15 is 0 Å².